The molecule has 0 bridgehead atoms. The van der Waals surface area contributed by atoms with E-state index >= 15 is 0 Å². The van der Waals surface area contributed by atoms with E-state index in [0.29, 0.717) is 18.5 Å². The summed E-state index contributed by atoms with van der Waals surface area (Å²) in [7, 11) is 0. The van der Waals surface area contributed by atoms with Crippen molar-refractivity contribution in [3.05, 3.63) is 30.3 Å². The molecule has 1 aliphatic carbocycles. The van der Waals surface area contributed by atoms with Gasteiger partial charge in [-0.1, -0.05) is 34.1 Å². The molecule has 0 spiro atoms. The van der Waals surface area contributed by atoms with Gasteiger partial charge in [0.2, 0.25) is 5.91 Å². The van der Waals surface area contributed by atoms with Crippen LogP contribution in [0.15, 0.2) is 30.3 Å². The first kappa shape index (κ1) is 16.0. The third-order valence-electron chi connectivity index (χ3n) is 5.00. The summed E-state index contributed by atoms with van der Waals surface area (Å²) in [6.45, 7) is 2.41. The standard InChI is InChI=1S/C18H25BrN2O/c19-12-11-18(22)21(15-7-2-1-3-8-15)17-10-6-9-16(17)20-13-4-5-14-20/h1-3,7-8,16-17H,4-6,9-14H2. The molecule has 1 heterocycles. The number of likely N-dealkylation sites (tertiary alicyclic amines) is 1. The number of nitrogens with zero attached hydrogens (tertiary/aromatic N) is 2. The van der Waals surface area contributed by atoms with Crippen molar-refractivity contribution < 1.29 is 4.79 Å². The fourth-order valence-corrected chi connectivity index (χ4v) is 4.37. The van der Waals surface area contributed by atoms with Crippen LogP contribution in [0.4, 0.5) is 5.69 Å². The van der Waals surface area contributed by atoms with Crippen LogP contribution in [0, 0.1) is 0 Å². The fourth-order valence-electron chi connectivity index (χ4n) is 4.03. The van der Waals surface area contributed by atoms with Crippen LogP contribution in [-0.2, 0) is 4.79 Å². The second-order valence-corrected chi connectivity index (χ2v) is 7.14. The third kappa shape index (κ3) is 3.38. The Bertz CT molecular complexity index is 487. The molecule has 1 saturated heterocycles. The molecule has 0 N–H and O–H groups in total. The van der Waals surface area contributed by atoms with Gasteiger partial charge in [-0.25, -0.2) is 0 Å². The molecule has 2 unspecified atom stereocenters. The van der Waals surface area contributed by atoms with Gasteiger partial charge >= 0.3 is 0 Å². The molecule has 2 aliphatic rings. The smallest absolute Gasteiger partial charge is 0.228 e. The van der Waals surface area contributed by atoms with E-state index in [-0.39, 0.29) is 5.91 Å². The average Bonchev–Trinajstić information content (AvgIpc) is 3.19. The van der Waals surface area contributed by atoms with E-state index in [9.17, 15) is 4.79 Å². The number of amides is 1. The lowest BCUT2D eigenvalue weighted by atomic mass is 10.1. The molecule has 1 amide bonds. The van der Waals surface area contributed by atoms with Crippen molar-refractivity contribution in [2.75, 3.05) is 23.3 Å². The summed E-state index contributed by atoms with van der Waals surface area (Å²) < 4.78 is 0. The number of benzene rings is 1. The van der Waals surface area contributed by atoms with Crippen LogP contribution in [0.5, 0.6) is 0 Å². The summed E-state index contributed by atoms with van der Waals surface area (Å²) >= 11 is 3.42. The zero-order valence-corrected chi connectivity index (χ0v) is 14.7. The predicted octanol–water partition coefficient (Wildman–Crippen LogP) is 3.82. The number of hydrogen-bond donors (Lipinski definition) is 0. The maximum absolute atomic E-state index is 12.8. The van der Waals surface area contributed by atoms with E-state index in [1.54, 1.807) is 0 Å². The van der Waals surface area contributed by atoms with Gasteiger partial charge in [0.15, 0.2) is 0 Å². The minimum Gasteiger partial charge on any atom is -0.308 e. The Kier molecular flexibility index (Phi) is 5.53. The van der Waals surface area contributed by atoms with Crippen LogP contribution < -0.4 is 4.90 Å². The highest BCUT2D eigenvalue weighted by atomic mass is 79.9. The second-order valence-electron chi connectivity index (χ2n) is 6.35. The van der Waals surface area contributed by atoms with Crippen molar-refractivity contribution >= 4 is 27.5 Å². The normalized spacial score (nSPS) is 25.5. The molecule has 3 rings (SSSR count). The molecule has 1 aliphatic heterocycles. The lowest BCUT2D eigenvalue weighted by Gasteiger charge is -2.37. The molecule has 1 aromatic carbocycles. The summed E-state index contributed by atoms with van der Waals surface area (Å²) in [6, 6.07) is 11.1. The topological polar surface area (TPSA) is 23.6 Å². The summed E-state index contributed by atoms with van der Waals surface area (Å²) in [5.74, 6) is 0.249. The highest BCUT2D eigenvalue weighted by Crippen LogP contribution is 2.33. The first-order valence-electron chi connectivity index (χ1n) is 8.48. The largest absolute Gasteiger partial charge is 0.308 e. The summed E-state index contributed by atoms with van der Waals surface area (Å²) in [4.78, 5) is 17.5. The first-order valence-corrected chi connectivity index (χ1v) is 9.60. The quantitative estimate of drug-likeness (QED) is 0.741. The predicted molar refractivity (Wildman–Crippen MR) is 94.6 cm³/mol. The van der Waals surface area contributed by atoms with Gasteiger partial charge in [-0.15, -0.1) is 0 Å². The number of para-hydroxylation sites is 1. The number of alkyl halides is 1. The van der Waals surface area contributed by atoms with Gasteiger partial charge in [-0.2, -0.15) is 0 Å². The van der Waals surface area contributed by atoms with Crippen molar-refractivity contribution in [3.63, 3.8) is 0 Å². The zero-order chi connectivity index (χ0) is 15.4. The molecule has 0 aromatic heterocycles. The maximum Gasteiger partial charge on any atom is 0.228 e. The monoisotopic (exact) mass is 364 g/mol. The summed E-state index contributed by atoms with van der Waals surface area (Å²) in [5, 5.41) is 0.732. The summed E-state index contributed by atoms with van der Waals surface area (Å²) in [5.41, 5.74) is 1.06. The van der Waals surface area contributed by atoms with Gasteiger partial charge in [0.25, 0.3) is 0 Å². The van der Waals surface area contributed by atoms with Gasteiger partial charge in [0.05, 0.1) is 6.04 Å². The second kappa shape index (κ2) is 7.60. The van der Waals surface area contributed by atoms with Gasteiger partial charge in [-0.3, -0.25) is 9.69 Å². The Morgan fingerprint density at radius 3 is 2.55 bits per heavy atom. The maximum atomic E-state index is 12.8. The molecule has 0 radical (unpaired) electrons. The Hall–Kier alpha value is -0.870. The van der Waals surface area contributed by atoms with E-state index in [0.717, 1.165) is 17.4 Å². The van der Waals surface area contributed by atoms with Crippen LogP contribution in [0.3, 0.4) is 0 Å². The van der Waals surface area contributed by atoms with Crippen molar-refractivity contribution in [1.29, 1.82) is 0 Å². The number of carbonyl (C=O) groups excluding carboxylic acids is 1. The number of carbonyl (C=O) groups is 1. The lowest BCUT2D eigenvalue weighted by molar-refractivity contribution is -0.118. The van der Waals surface area contributed by atoms with Gasteiger partial charge < -0.3 is 4.90 Å². The molecule has 2 atom stereocenters. The van der Waals surface area contributed by atoms with Crippen molar-refractivity contribution in [2.45, 2.75) is 50.6 Å². The number of halogens is 1. The number of rotatable bonds is 5. The Morgan fingerprint density at radius 1 is 1.14 bits per heavy atom. The molecule has 4 heteroatoms. The molecule has 1 aromatic rings. The fraction of sp³-hybridized carbons (Fsp3) is 0.611. The van der Waals surface area contributed by atoms with E-state index in [4.69, 9.17) is 0 Å². The third-order valence-corrected chi connectivity index (χ3v) is 5.39. The minimum atomic E-state index is 0.249. The highest BCUT2D eigenvalue weighted by Gasteiger charge is 2.39. The van der Waals surface area contributed by atoms with E-state index in [2.05, 4.69) is 37.9 Å². The van der Waals surface area contributed by atoms with Gasteiger partial charge in [-0.05, 0) is 57.3 Å². The first-order chi connectivity index (χ1) is 10.8. The zero-order valence-electron chi connectivity index (χ0n) is 13.1. The number of hydrogen-bond acceptors (Lipinski definition) is 2. The van der Waals surface area contributed by atoms with E-state index in [1.165, 1.54) is 38.8 Å². The molecule has 1 saturated carbocycles. The molecule has 2 fully saturated rings. The highest BCUT2D eigenvalue weighted by molar-refractivity contribution is 9.09. The van der Waals surface area contributed by atoms with Crippen LogP contribution in [0.2, 0.25) is 0 Å². The van der Waals surface area contributed by atoms with Crippen LogP contribution in [-0.4, -0.2) is 41.3 Å². The van der Waals surface area contributed by atoms with Crippen LogP contribution >= 0.6 is 15.9 Å². The molecular formula is C18H25BrN2O. The molecule has 3 nitrogen and oxygen atoms in total. The van der Waals surface area contributed by atoms with Gasteiger partial charge in [0.1, 0.15) is 0 Å². The minimum absolute atomic E-state index is 0.249. The van der Waals surface area contributed by atoms with Crippen LogP contribution in [0.1, 0.15) is 38.5 Å². The Balaban J connectivity index is 1.85. The average molecular weight is 365 g/mol. The van der Waals surface area contributed by atoms with Crippen molar-refractivity contribution in [2.24, 2.45) is 0 Å². The Labute approximate surface area is 141 Å². The molecule has 120 valence electrons. The van der Waals surface area contributed by atoms with Gasteiger partial charge in [0, 0.05) is 23.5 Å². The van der Waals surface area contributed by atoms with Crippen molar-refractivity contribution in [1.82, 2.24) is 4.90 Å². The van der Waals surface area contributed by atoms with Crippen molar-refractivity contribution in [3.8, 4) is 0 Å². The van der Waals surface area contributed by atoms with E-state index < -0.39 is 0 Å². The lowest BCUT2D eigenvalue weighted by Crippen LogP contribution is -2.50. The van der Waals surface area contributed by atoms with E-state index in [1.807, 2.05) is 18.2 Å². The molecule has 22 heavy (non-hydrogen) atoms. The SMILES string of the molecule is O=C(CCBr)N(c1ccccc1)C1CCCC1N1CCCC1. The molecular weight excluding hydrogens is 340 g/mol. The Morgan fingerprint density at radius 2 is 1.86 bits per heavy atom. The summed E-state index contributed by atoms with van der Waals surface area (Å²) in [6.07, 6.45) is 6.78. The van der Waals surface area contributed by atoms with Crippen LogP contribution in [0.25, 0.3) is 0 Å². The number of anilines is 1.